The number of aliphatic hydroxyl groups excluding tert-OH is 2. The molecule has 1 heterocycles. The van der Waals surface area contributed by atoms with E-state index in [0.29, 0.717) is 0 Å². The smallest absolute Gasteiger partial charge is 0.322 e. The summed E-state index contributed by atoms with van der Waals surface area (Å²) in [6.45, 7) is 5.40. The van der Waals surface area contributed by atoms with Crippen LogP contribution in [0.15, 0.2) is 0 Å². The van der Waals surface area contributed by atoms with Crippen molar-refractivity contribution in [3.05, 3.63) is 0 Å². The van der Waals surface area contributed by atoms with Crippen molar-refractivity contribution in [3.63, 3.8) is 0 Å². The molecule has 29 nitrogen and oxygen atoms in total. The third-order valence-electron chi connectivity index (χ3n) is 10.0. The van der Waals surface area contributed by atoms with E-state index in [0.717, 1.165) is 11.8 Å². The molecule has 29 heteroatoms. The quantitative estimate of drug-likeness (QED) is 0.0331. The van der Waals surface area contributed by atoms with E-state index in [2.05, 4.69) is 37.2 Å². The van der Waals surface area contributed by atoms with E-state index >= 15 is 0 Å². The number of aliphatic carboxylic acids is 2. The van der Waals surface area contributed by atoms with Gasteiger partial charge >= 0.3 is 11.9 Å². The molecule has 0 saturated carbocycles. The molecule has 0 aromatic carbocycles. The average molecular weight is 973 g/mol. The summed E-state index contributed by atoms with van der Waals surface area (Å²) in [5, 5.41) is 56.8. The molecule has 0 spiro atoms. The number of carbonyl (C=O) groups excluding carboxylic acids is 11. The fraction of sp³-hybridized carbons (Fsp3) is 0.667. The number of nitrogens with zero attached hydrogens (tertiary/aromatic N) is 1. The molecular formula is C39H64N12O17. The first-order chi connectivity index (χ1) is 31.6. The van der Waals surface area contributed by atoms with Crippen LogP contribution in [0.3, 0.4) is 0 Å². The summed E-state index contributed by atoms with van der Waals surface area (Å²) in [4.78, 5) is 167. The van der Waals surface area contributed by atoms with Crippen molar-refractivity contribution < 1.29 is 82.8 Å². The van der Waals surface area contributed by atoms with Gasteiger partial charge in [-0.3, -0.25) is 62.3 Å². The van der Waals surface area contributed by atoms with Gasteiger partial charge in [0.25, 0.3) is 0 Å². The minimum Gasteiger partial charge on any atom is -0.481 e. The first kappa shape index (κ1) is 59.0. The molecule has 1 saturated heterocycles. The van der Waals surface area contributed by atoms with Gasteiger partial charge in [0, 0.05) is 13.0 Å². The maximum absolute atomic E-state index is 13.8. The van der Waals surface area contributed by atoms with Crippen molar-refractivity contribution in [2.24, 2.45) is 23.1 Å². The molecule has 0 unspecified atom stereocenters. The molecule has 1 aliphatic rings. The van der Waals surface area contributed by atoms with Gasteiger partial charge in [-0.05, 0) is 52.4 Å². The summed E-state index contributed by atoms with van der Waals surface area (Å²) in [7, 11) is 0. The van der Waals surface area contributed by atoms with Gasteiger partial charge in [-0.2, -0.15) is 0 Å². The Morgan fingerprint density at radius 3 is 1.62 bits per heavy atom. The van der Waals surface area contributed by atoms with Gasteiger partial charge in [-0.25, -0.2) is 0 Å². The maximum atomic E-state index is 13.8. The molecule has 0 radical (unpaired) electrons. The number of nitrogens with one attached hydrogen (secondary N) is 8. The van der Waals surface area contributed by atoms with Crippen molar-refractivity contribution in [1.82, 2.24) is 47.4 Å². The van der Waals surface area contributed by atoms with Crippen molar-refractivity contribution in [2.75, 3.05) is 19.6 Å². The van der Waals surface area contributed by atoms with Crippen molar-refractivity contribution >= 4 is 76.9 Å². The van der Waals surface area contributed by atoms with E-state index in [1.165, 1.54) is 13.8 Å². The van der Waals surface area contributed by atoms with Crippen molar-refractivity contribution in [1.29, 1.82) is 0 Å². The lowest BCUT2D eigenvalue weighted by Gasteiger charge is -2.31. The SMILES string of the molecule is CC(C)C[C@H](NC(=O)[C@H](CC(=O)O)NC(=O)[C@H](CCC(N)=O)NC(=O)[C@@H]1CCCN1C(=O)[C@@H](NC(=O)[C@H](C)NC(=O)CN)[C@@H](C)O)C(=O)N[C@@H](CC(N)=O)C(=O)N[C@H](C(=O)NCC(=O)O)[C@@H](C)O. The van der Waals surface area contributed by atoms with Crippen LogP contribution in [0.5, 0.6) is 0 Å². The standard InChI is InChI=1S/C39H64N12O17/c1-16(2)11-21(34(63)47-22(12-26(42)55)36(65)49-30(18(4)52)38(67)43-15-29(59)60)46-35(64)23(13-28(57)58)48-33(62)20(8-9-25(41)54)45-37(66)24-7-6-10-51(24)39(68)31(19(5)53)50-32(61)17(3)44-27(56)14-40/h16-24,30-31,52-53H,6-15,40H2,1-5H3,(H2,41,54)(H2,42,55)(H,43,67)(H,44,56)(H,45,66)(H,46,64)(H,47,63)(H,48,62)(H,49,65)(H,50,61)(H,57,58)(H,59,60)/t17-,18+,19+,20-,21-,22-,23-,24-,30-,31-/m0/s1. The Balaban J connectivity index is 3.39. The van der Waals surface area contributed by atoms with E-state index in [4.69, 9.17) is 22.3 Å². The van der Waals surface area contributed by atoms with Crippen molar-refractivity contribution in [3.8, 4) is 0 Å². The van der Waals surface area contributed by atoms with E-state index in [-0.39, 0.29) is 25.8 Å². The summed E-state index contributed by atoms with van der Waals surface area (Å²) in [6.07, 6.45) is -6.14. The number of carbonyl (C=O) groups is 13. The van der Waals surface area contributed by atoms with E-state index < -0.39 is 182 Å². The van der Waals surface area contributed by atoms with E-state index in [1.807, 2.05) is 5.32 Å². The number of aliphatic hydroxyl groups is 2. The number of hydrogen-bond donors (Lipinski definition) is 15. The van der Waals surface area contributed by atoms with Crippen LogP contribution >= 0.6 is 0 Å². The Morgan fingerprint density at radius 1 is 0.603 bits per heavy atom. The number of amides is 11. The number of carboxylic acids is 2. The Hall–Kier alpha value is -7.01. The normalized spacial score (nSPS) is 17.2. The molecule has 1 fully saturated rings. The minimum atomic E-state index is -1.99. The molecule has 0 aromatic rings. The molecular weight excluding hydrogens is 908 g/mol. The lowest BCUT2D eigenvalue weighted by molar-refractivity contribution is -0.144. The highest BCUT2D eigenvalue weighted by Crippen LogP contribution is 2.20. The zero-order chi connectivity index (χ0) is 52.2. The number of hydrogen-bond acceptors (Lipinski definition) is 16. The summed E-state index contributed by atoms with van der Waals surface area (Å²) in [6, 6.07) is -13.1. The maximum Gasteiger partial charge on any atom is 0.322 e. The second-order valence-electron chi connectivity index (χ2n) is 16.4. The third kappa shape index (κ3) is 20.2. The van der Waals surface area contributed by atoms with Gasteiger partial charge in [0.2, 0.25) is 65.0 Å². The predicted octanol–water partition coefficient (Wildman–Crippen LogP) is -8.03. The molecule has 68 heavy (non-hydrogen) atoms. The van der Waals surface area contributed by atoms with Crippen LogP contribution in [-0.2, 0) is 62.3 Å². The number of nitrogens with two attached hydrogens (primary N) is 3. The average Bonchev–Trinajstić information content (AvgIpc) is 3.73. The third-order valence-corrected chi connectivity index (χ3v) is 10.0. The Morgan fingerprint density at radius 2 is 1.12 bits per heavy atom. The Labute approximate surface area is 389 Å². The fourth-order valence-corrected chi connectivity index (χ4v) is 6.58. The number of carboxylic acid groups (broad SMARTS) is 2. The minimum absolute atomic E-state index is 0.0136. The summed E-state index contributed by atoms with van der Waals surface area (Å²) >= 11 is 0. The van der Waals surface area contributed by atoms with E-state index in [9.17, 15) is 77.6 Å². The van der Waals surface area contributed by atoms with Crippen molar-refractivity contribution in [2.45, 2.75) is 140 Å². The van der Waals surface area contributed by atoms with Crippen LogP contribution in [0.4, 0.5) is 0 Å². The second kappa shape index (κ2) is 28.2. The molecule has 0 aliphatic carbocycles. The first-order valence-corrected chi connectivity index (χ1v) is 21.4. The highest BCUT2D eigenvalue weighted by Gasteiger charge is 2.41. The second-order valence-corrected chi connectivity index (χ2v) is 16.4. The zero-order valence-corrected chi connectivity index (χ0v) is 38.2. The molecule has 382 valence electrons. The molecule has 10 atom stereocenters. The Kier molecular flexibility index (Phi) is 24.5. The predicted molar refractivity (Wildman–Crippen MR) is 231 cm³/mol. The molecule has 1 rings (SSSR count). The van der Waals surface area contributed by atoms with Crippen LogP contribution in [0.25, 0.3) is 0 Å². The van der Waals surface area contributed by atoms with Gasteiger partial charge in [0.1, 0.15) is 54.9 Å². The van der Waals surface area contributed by atoms with Gasteiger partial charge < -0.3 is 85.1 Å². The highest BCUT2D eigenvalue weighted by molar-refractivity contribution is 6.00. The lowest BCUT2D eigenvalue weighted by Crippen LogP contribution is -2.61. The van der Waals surface area contributed by atoms with Crippen LogP contribution in [0.2, 0.25) is 0 Å². The number of rotatable bonds is 29. The van der Waals surface area contributed by atoms with E-state index in [1.54, 1.807) is 13.8 Å². The largest absolute Gasteiger partial charge is 0.481 e. The molecule has 0 aromatic heterocycles. The number of primary amides is 2. The fourth-order valence-electron chi connectivity index (χ4n) is 6.58. The summed E-state index contributed by atoms with van der Waals surface area (Å²) in [5.41, 5.74) is 15.8. The highest BCUT2D eigenvalue weighted by atomic mass is 16.4. The molecule has 18 N–H and O–H groups in total. The van der Waals surface area contributed by atoms with Crippen LogP contribution < -0.4 is 59.7 Å². The summed E-state index contributed by atoms with van der Waals surface area (Å²) in [5.74, 6) is -15.0. The van der Waals surface area contributed by atoms with Gasteiger partial charge in [0.05, 0.1) is 31.6 Å². The zero-order valence-electron chi connectivity index (χ0n) is 38.2. The van der Waals surface area contributed by atoms with Gasteiger partial charge in [0.15, 0.2) is 0 Å². The topological polar surface area (TPSA) is 480 Å². The molecule has 11 amide bonds. The molecule has 1 aliphatic heterocycles. The summed E-state index contributed by atoms with van der Waals surface area (Å²) < 4.78 is 0. The van der Waals surface area contributed by atoms with Gasteiger partial charge in [-0.15, -0.1) is 0 Å². The van der Waals surface area contributed by atoms with Crippen LogP contribution in [0.1, 0.15) is 79.6 Å². The Bertz CT molecular complexity index is 1900. The first-order valence-electron chi connectivity index (χ1n) is 21.4. The lowest BCUT2D eigenvalue weighted by atomic mass is 10.0. The van der Waals surface area contributed by atoms with Crippen LogP contribution in [-0.4, -0.2) is 182 Å². The molecule has 0 bridgehead atoms. The van der Waals surface area contributed by atoms with Crippen LogP contribution in [0, 0.1) is 5.92 Å². The van der Waals surface area contributed by atoms with Gasteiger partial charge in [-0.1, -0.05) is 13.8 Å². The number of likely N-dealkylation sites (tertiary alicyclic amines) is 1. The monoisotopic (exact) mass is 972 g/mol.